The second-order valence-electron chi connectivity index (χ2n) is 5.79. The molecule has 0 aliphatic carbocycles. The van der Waals surface area contributed by atoms with Gasteiger partial charge in [-0.15, -0.1) is 0 Å². The van der Waals surface area contributed by atoms with E-state index in [4.69, 9.17) is 10.5 Å². The Morgan fingerprint density at radius 1 is 0.958 bits per heavy atom. The molecule has 0 bridgehead atoms. The number of benzene rings is 3. The second-order valence-corrected chi connectivity index (χ2v) is 5.79. The molecule has 0 heterocycles. The third-order valence-corrected chi connectivity index (χ3v) is 3.94. The van der Waals surface area contributed by atoms with E-state index in [1.807, 2.05) is 67.6 Å². The fourth-order valence-corrected chi connectivity index (χ4v) is 2.58. The molecule has 2 N–H and O–H groups in total. The van der Waals surface area contributed by atoms with E-state index in [1.165, 1.54) is 0 Å². The van der Waals surface area contributed by atoms with E-state index in [9.17, 15) is 4.39 Å². The van der Waals surface area contributed by atoms with Gasteiger partial charge in [-0.25, -0.2) is 4.39 Å². The van der Waals surface area contributed by atoms with E-state index in [-0.39, 0.29) is 18.5 Å². The van der Waals surface area contributed by atoms with Crippen LogP contribution in [0.1, 0.15) is 24.1 Å². The topological polar surface area (TPSA) is 35.2 Å². The molecule has 1 atom stereocenters. The van der Waals surface area contributed by atoms with Crippen molar-refractivity contribution in [2.75, 3.05) is 0 Å². The van der Waals surface area contributed by atoms with E-state index < -0.39 is 0 Å². The highest BCUT2D eigenvalue weighted by atomic mass is 19.1. The van der Waals surface area contributed by atoms with Crippen LogP contribution < -0.4 is 10.5 Å². The zero-order chi connectivity index (χ0) is 16.9. The summed E-state index contributed by atoms with van der Waals surface area (Å²) in [7, 11) is 0. The molecule has 2 nitrogen and oxygen atoms in total. The van der Waals surface area contributed by atoms with Crippen molar-refractivity contribution in [3.8, 4) is 16.9 Å². The van der Waals surface area contributed by atoms with Gasteiger partial charge in [0.05, 0.1) is 0 Å². The zero-order valence-corrected chi connectivity index (χ0v) is 13.6. The third kappa shape index (κ3) is 3.63. The van der Waals surface area contributed by atoms with Crippen LogP contribution in [0.5, 0.6) is 5.75 Å². The van der Waals surface area contributed by atoms with E-state index in [1.54, 1.807) is 12.1 Å². The van der Waals surface area contributed by atoms with Gasteiger partial charge >= 0.3 is 0 Å². The highest BCUT2D eigenvalue weighted by Gasteiger charge is 2.11. The molecule has 3 heteroatoms. The minimum Gasteiger partial charge on any atom is -0.489 e. The number of ether oxygens (including phenoxy) is 1. The molecule has 3 aromatic carbocycles. The highest BCUT2D eigenvalue weighted by Crippen LogP contribution is 2.27. The molecule has 0 amide bonds. The fourth-order valence-electron chi connectivity index (χ4n) is 2.58. The van der Waals surface area contributed by atoms with E-state index >= 15 is 0 Å². The van der Waals surface area contributed by atoms with Crippen LogP contribution in [0.15, 0.2) is 72.8 Å². The summed E-state index contributed by atoms with van der Waals surface area (Å²) in [6.07, 6.45) is 0. The normalized spacial score (nSPS) is 12.0. The average Bonchev–Trinajstić information content (AvgIpc) is 2.62. The Labute approximate surface area is 141 Å². The van der Waals surface area contributed by atoms with Crippen LogP contribution in [0, 0.1) is 5.82 Å². The van der Waals surface area contributed by atoms with Gasteiger partial charge in [0, 0.05) is 17.2 Å². The lowest BCUT2D eigenvalue weighted by Gasteiger charge is -2.12. The summed E-state index contributed by atoms with van der Waals surface area (Å²) in [5.74, 6) is 0.469. The lowest BCUT2D eigenvalue weighted by molar-refractivity contribution is 0.300. The summed E-state index contributed by atoms with van der Waals surface area (Å²) in [5.41, 5.74) is 8.83. The SMILES string of the molecule is CC(N)c1cccc(-c2cccc(COc3ccccc3)c2F)c1. The Morgan fingerprint density at radius 3 is 2.46 bits per heavy atom. The number of hydrogen-bond acceptors (Lipinski definition) is 2. The molecule has 0 saturated heterocycles. The van der Waals surface area contributed by atoms with Crippen LogP contribution in [-0.2, 0) is 6.61 Å². The Kier molecular flexibility index (Phi) is 4.92. The zero-order valence-electron chi connectivity index (χ0n) is 13.6. The Balaban J connectivity index is 1.87. The third-order valence-electron chi connectivity index (χ3n) is 3.94. The smallest absolute Gasteiger partial charge is 0.137 e. The Bertz CT molecular complexity index is 815. The van der Waals surface area contributed by atoms with Crippen LogP contribution in [0.2, 0.25) is 0 Å². The molecule has 24 heavy (non-hydrogen) atoms. The molecule has 0 fully saturated rings. The van der Waals surface area contributed by atoms with Gasteiger partial charge in [-0.2, -0.15) is 0 Å². The molecule has 0 aliphatic heterocycles. The monoisotopic (exact) mass is 321 g/mol. The van der Waals surface area contributed by atoms with Crippen molar-refractivity contribution >= 4 is 0 Å². The van der Waals surface area contributed by atoms with E-state index in [0.717, 1.165) is 16.9 Å². The molecule has 0 aromatic heterocycles. The van der Waals surface area contributed by atoms with Crippen molar-refractivity contribution in [1.82, 2.24) is 0 Å². The van der Waals surface area contributed by atoms with Crippen molar-refractivity contribution in [3.63, 3.8) is 0 Å². The molecular formula is C21H20FNO. The summed E-state index contributed by atoms with van der Waals surface area (Å²) in [6, 6.07) is 22.4. The fraction of sp³-hybridized carbons (Fsp3) is 0.143. The lowest BCUT2D eigenvalue weighted by Crippen LogP contribution is -2.05. The molecule has 122 valence electrons. The van der Waals surface area contributed by atoms with Gasteiger partial charge in [-0.3, -0.25) is 0 Å². The van der Waals surface area contributed by atoms with Crippen molar-refractivity contribution in [2.45, 2.75) is 19.6 Å². The van der Waals surface area contributed by atoms with Crippen LogP contribution in [0.25, 0.3) is 11.1 Å². The number of para-hydroxylation sites is 1. The van der Waals surface area contributed by atoms with Gasteiger partial charge < -0.3 is 10.5 Å². The molecule has 0 radical (unpaired) electrons. The molecule has 0 aliphatic rings. The van der Waals surface area contributed by atoms with Crippen LogP contribution in [0.3, 0.4) is 0 Å². The van der Waals surface area contributed by atoms with Crippen LogP contribution in [0.4, 0.5) is 4.39 Å². The number of rotatable bonds is 5. The number of hydrogen-bond donors (Lipinski definition) is 1. The standard InChI is InChI=1S/C21H20FNO/c1-15(23)16-7-5-8-17(13-16)20-12-6-9-18(21(20)22)14-24-19-10-3-2-4-11-19/h2-13,15H,14,23H2,1H3. The summed E-state index contributed by atoms with van der Waals surface area (Å²) in [6.45, 7) is 2.11. The number of nitrogens with two attached hydrogens (primary N) is 1. The highest BCUT2D eigenvalue weighted by molar-refractivity contribution is 5.66. The molecule has 1 unspecified atom stereocenters. The Morgan fingerprint density at radius 2 is 1.71 bits per heavy atom. The number of halogens is 1. The molecule has 3 rings (SSSR count). The predicted octanol–water partition coefficient (Wildman–Crippen LogP) is 5.09. The van der Waals surface area contributed by atoms with Gasteiger partial charge in [-0.05, 0) is 36.2 Å². The first-order chi connectivity index (χ1) is 11.6. The summed E-state index contributed by atoms with van der Waals surface area (Å²) >= 11 is 0. The van der Waals surface area contributed by atoms with Gasteiger partial charge in [0.15, 0.2) is 0 Å². The second kappa shape index (κ2) is 7.28. The summed E-state index contributed by atoms with van der Waals surface area (Å²) in [5, 5.41) is 0. The predicted molar refractivity (Wildman–Crippen MR) is 95.2 cm³/mol. The van der Waals surface area contributed by atoms with E-state index in [2.05, 4.69) is 0 Å². The minimum absolute atomic E-state index is 0.0855. The van der Waals surface area contributed by atoms with Gasteiger partial charge in [0.2, 0.25) is 0 Å². The Hall–Kier alpha value is -2.65. The van der Waals surface area contributed by atoms with Gasteiger partial charge in [-0.1, -0.05) is 54.6 Å². The van der Waals surface area contributed by atoms with E-state index in [0.29, 0.717) is 11.1 Å². The van der Waals surface area contributed by atoms with Gasteiger partial charge in [0.25, 0.3) is 0 Å². The summed E-state index contributed by atoms with van der Waals surface area (Å²) < 4.78 is 20.5. The largest absolute Gasteiger partial charge is 0.489 e. The lowest BCUT2D eigenvalue weighted by atomic mass is 9.98. The molecule has 0 spiro atoms. The first-order valence-electron chi connectivity index (χ1n) is 7.96. The average molecular weight is 321 g/mol. The van der Waals surface area contributed by atoms with Crippen LogP contribution in [-0.4, -0.2) is 0 Å². The summed E-state index contributed by atoms with van der Waals surface area (Å²) in [4.78, 5) is 0. The minimum atomic E-state index is -0.254. The first-order valence-corrected chi connectivity index (χ1v) is 7.96. The molecule has 0 saturated carbocycles. The van der Waals surface area contributed by atoms with Crippen molar-refractivity contribution in [1.29, 1.82) is 0 Å². The first kappa shape index (κ1) is 16.2. The maximum absolute atomic E-state index is 14.9. The molecular weight excluding hydrogens is 301 g/mol. The van der Waals surface area contributed by atoms with Crippen LogP contribution >= 0.6 is 0 Å². The van der Waals surface area contributed by atoms with Crippen molar-refractivity contribution in [2.24, 2.45) is 5.73 Å². The van der Waals surface area contributed by atoms with Crippen molar-refractivity contribution < 1.29 is 9.13 Å². The maximum Gasteiger partial charge on any atom is 0.137 e. The van der Waals surface area contributed by atoms with Crippen molar-refractivity contribution in [3.05, 3.63) is 89.7 Å². The molecule has 3 aromatic rings. The van der Waals surface area contributed by atoms with Gasteiger partial charge in [0.1, 0.15) is 18.2 Å². The quantitative estimate of drug-likeness (QED) is 0.710. The maximum atomic E-state index is 14.9.